The Hall–Kier alpha value is -4.85. The standard InChI is InChI=1S/C39H40N2O6/c1-46-29-14-16-31-33(24-29)47-21-20-41-32-23-28(13-15-30(32)36(37(31)41)27-6-3-2-4-7-27)38(45)40-39(18-5-19-39)34(42)22-26-10-8-25(9-11-26)12-17-35(43)44/h8-17,23-24,27H,2-7,18-22H2,1H3,(H,40,45)(H,43,44)/b17-12+. The first-order valence-corrected chi connectivity index (χ1v) is 16.7. The van der Waals surface area contributed by atoms with Crippen LogP contribution in [0.15, 0.2) is 66.7 Å². The number of fused-ring (bicyclic) bond motifs is 5. The second-order valence-electron chi connectivity index (χ2n) is 13.1. The molecule has 8 nitrogen and oxygen atoms in total. The smallest absolute Gasteiger partial charge is 0.328 e. The number of carboxylic acid groups (broad SMARTS) is 1. The fraction of sp³-hybridized carbons (Fsp3) is 0.359. The molecule has 2 N–H and O–H groups in total. The zero-order valence-electron chi connectivity index (χ0n) is 26.7. The number of benzene rings is 3. The molecule has 0 radical (unpaired) electrons. The van der Waals surface area contributed by atoms with Crippen molar-refractivity contribution in [2.24, 2.45) is 0 Å². The van der Waals surface area contributed by atoms with Crippen molar-refractivity contribution in [2.45, 2.75) is 75.8 Å². The number of carbonyl (C=O) groups is 3. The molecule has 8 heteroatoms. The lowest BCUT2D eigenvalue weighted by Gasteiger charge is -2.41. The van der Waals surface area contributed by atoms with Crippen LogP contribution in [0.5, 0.6) is 11.5 Å². The van der Waals surface area contributed by atoms with Gasteiger partial charge in [0.15, 0.2) is 5.78 Å². The van der Waals surface area contributed by atoms with Gasteiger partial charge >= 0.3 is 5.97 Å². The quantitative estimate of drug-likeness (QED) is 0.187. The van der Waals surface area contributed by atoms with Crippen molar-refractivity contribution >= 4 is 34.6 Å². The van der Waals surface area contributed by atoms with Gasteiger partial charge in [-0.1, -0.05) is 49.6 Å². The van der Waals surface area contributed by atoms with E-state index < -0.39 is 11.5 Å². The number of carboxylic acids is 1. The summed E-state index contributed by atoms with van der Waals surface area (Å²) in [5, 5.41) is 13.2. The molecule has 4 aromatic rings. The zero-order chi connectivity index (χ0) is 32.5. The van der Waals surface area contributed by atoms with E-state index in [1.807, 2.05) is 36.4 Å². The molecule has 3 aromatic carbocycles. The number of nitrogens with one attached hydrogen (secondary N) is 1. The fourth-order valence-electron chi connectivity index (χ4n) is 7.60. The fourth-order valence-corrected chi connectivity index (χ4v) is 7.60. The summed E-state index contributed by atoms with van der Waals surface area (Å²) < 4.78 is 14.1. The molecular weight excluding hydrogens is 592 g/mol. The van der Waals surface area contributed by atoms with Gasteiger partial charge in [-0.25, -0.2) is 4.79 Å². The Morgan fingerprint density at radius 3 is 2.49 bits per heavy atom. The first kappa shape index (κ1) is 30.8. The van der Waals surface area contributed by atoms with Crippen LogP contribution in [0.2, 0.25) is 0 Å². The monoisotopic (exact) mass is 632 g/mol. The third-order valence-corrected chi connectivity index (χ3v) is 10.3. The number of aliphatic carboxylic acids is 1. The van der Waals surface area contributed by atoms with E-state index in [0.717, 1.165) is 59.0 Å². The third-order valence-electron chi connectivity index (χ3n) is 10.3. The van der Waals surface area contributed by atoms with Gasteiger partial charge in [-0.2, -0.15) is 0 Å². The molecule has 7 rings (SSSR count). The minimum atomic E-state index is -1.01. The number of ether oxygens (including phenoxy) is 2. The minimum Gasteiger partial charge on any atom is -0.497 e. The highest BCUT2D eigenvalue weighted by Crippen LogP contribution is 2.48. The van der Waals surface area contributed by atoms with E-state index in [-0.39, 0.29) is 18.1 Å². The van der Waals surface area contributed by atoms with Gasteiger partial charge < -0.3 is 24.5 Å². The van der Waals surface area contributed by atoms with E-state index in [1.165, 1.54) is 42.0 Å². The molecule has 0 atom stereocenters. The summed E-state index contributed by atoms with van der Waals surface area (Å²) in [6.45, 7) is 1.17. The summed E-state index contributed by atoms with van der Waals surface area (Å²) >= 11 is 0. The number of ketones is 1. The van der Waals surface area contributed by atoms with Crippen LogP contribution in [-0.4, -0.2) is 46.6 Å². The van der Waals surface area contributed by atoms with Crippen LogP contribution in [0.25, 0.3) is 28.2 Å². The predicted octanol–water partition coefficient (Wildman–Crippen LogP) is 7.32. The Labute approximate surface area is 274 Å². The van der Waals surface area contributed by atoms with E-state index in [2.05, 4.69) is 22.0 Å². The number of methoxy groups -OCH3 is 1. The molecule has 3 aliphatic rings. The Kier molecular flexibility index (Phi) is 8.35. The molecule has 242 valence electrons. The van der Waals surface area contributed by atoms with Crippen molar-refractivity contribution in [2.75, 3.05) is 13.7 Å². The van der Waals surface area contributed by atoms with Gasteiger partial charge in [-0.05, 0) is 85.1 Å². The molecule has 2 aliphatic carbocycles. The first-order valence-electron chi connectivity index (χ1n) is 16.7. The molecule has 0 saturated heterocycles. The summed E-state index contributed by atoms with van der Waals surface area (Å²) in [6.07, 6.45) is 10.9. The van der Waals surface area contributed by atoms with Crippen molar-refractivity contribution in [1.29, 1.82) is 0 Å². The Morgan fingerprint density at radius 2 is 1.79 bits per heavy atom. The second kappa shape index (κ2) is 12.7. The lowest BCUT2D eigenvalue weighted by atomic mass is 9.72. The normalized spacial score (nSPS) is 17.2. The molecule has 2 heterocycles. The molecular formula is C39H40N2O6. The van der Waals surface area contributed by atoms with Gasteiger partial charge in [0.1, 0.15) is 18.1 Å². The summed E-state index contributed by atoms with van der Waals surface area (Å²) in [6, 6.07) is 19.3. The molecule has 1 aromatic heterocycles. The van der Waals surface area contributed by atoms with E-state index in [4.69, 9.17) is 14.6 Å². The summed E-state index contributed by atoms with van der Waals surface area (Å²) in [5.41, 5.74) is 5.83. The lowest BCUT2D eigenvalue weighted by molar-refractivity contribution is -0.131. The van der Waals surface area contributed by atoms with Gasteiger partial charge in [-0.15, -0.1) is 0 Å². The van der Waals surface area contributed by atoms with E-state index in [9.17, 15) is 14.4 Å². The molecule has 2 fully saturated rings. The SMILES string of the molecule is COc1ccc2c(c1)OCCn1c-2c(C2CCCCC2)c2ccc(C(=O)NC3(C(=O)Cc4ccc(/C=C/C(=O)O)cc4)CCC3)cc21. The van der Waals surface area contributed by atoms with Crippen LogP contribution in [0.4, 0.5) is 0 Å². The number of hydrogen-bond acceptors (Lipinski definition) is 5. The molecule has 1 aliphatic heterocycles. The number of amides is 1. The van der Waals surface area contributed by atoms with Crippen molar-refractivity contribution in [3.8, 4) is 22.8 Å². The van der Waals surface area contributed by atoms with Gasteiger partial charge in [0, 0.05) is 40.6 Å². The zero-order valence-corrected chi connectivity index (χ0v) is 26.7. The van der Waals surface area contributed by atoms with Crippen LogP contribution in [0, 0.1) is 0 Å². The van der Waals surface area contributed by atoms with Crippen molar-refractivity contribution in [1.82, 2.24) is 9.88 Å². The number of aromatic nitrogens is 1. The van der Waals surface area contributed by atoms with Crippen LogP contribution in [-0.2, 0) is 22.6 Å². The third kappa shape index (κ3) is 5.93. The molecule has 0 unspecified atom stereocenters. The predicted molar refractivity (Wildman–Crippen MR) is 181 cm³/mol. The summed E-state index contributed by atoms with van der Waals surface area (Å²) in [5.74, 6) is 0.761. The van der Waals surface area contributed by atoms with Crippen molar-refractivity contribution in [3.05, 3.63) is 89.0 Å². The van der Waals surface area contributed by atoms with E-state index >= 15 is 0 Å². The highest BCUT2D eigenvalue weighted by molar-refractivity contribution is 6.04. The highest BCUT2D eigenvalue weighted by Gasteiger charge is 2.45. The number of carbonyl (C=O) groups excluding carboxylic acids is 2. The number of hydrogen-bond donors (Lipinski definition) is 2. The Balaban J connectivity index is 1.19. The van der Waals surface area contributed by atoms with Crippen LogP contribution < -0.4 is 14.8 Å². The van der Waals surface area contributed by atoms with Crippen LogP contribution in [0.1, 0.15) is 84.3 Å². The minimum absolute atomic E-state index is 0.00710. The van der Waals surface area contributed by atoms with Crippen molar-refractivity contribution < 1.29 is 29.0 Å². The van der Waals surface area contributed by atoms with Crippen LogP contribution >= 0.6 is 0 Å². The maximum Gasteiger partial charge on any atom is 0.328 e. The number of nitrogens with zero attached hydrogens (tertiary/aromatic N) is 1. The lowest BCUT2D eigenvalue weighted by Crippen LogP contribution is -2.59. The Morgan fingerprint density at radius 1 is 1.00 bits per heavy atom. The van der Waals surface area contributed by atoms with Gasteiger partial charge in [0.05, 0.1) is 24.9 Å². The van der Waals surface area contributed by atoms with Gasteiger partial charge in [0.2, 0.25) is 0 Å². The molecule has 0 spiro atoms. The highest BCUT2D eigenvalue weighted by atomic mass is 16.5. The summed E-state index contributed by atoms with van der Waals surface area (Å²) in [7, 11) is 1.66. The van der Waals surface area contributed by atoms with E-state index in [1.54, 1.807) is 19.2 Å². The van der Waals surface area contributed by atoms with Crippen molar-refractivity contribution in [3.63, 3.8) is 0 Å². The molecule has 2 saturated carbocycles. The molecule has 47 heavy (non-hydrogen) atoms. The molecule has 0 bridgehead atoms. The maximum absolute atomic E-state index is 13.9. The Bertz CT molecular complexity index is 1880. The molecule has 1 amide bonds. The summed E-state index contributed by atoms with van der Waals surface area (Å²) in [4.78, 5) is 38.3. The largest absolute Gasteiger partial charge is 0.497 e. The van der Waals surface area contributed by atoms with Gasteiger partial charge in [0.25, 0.3) is 5.91 Å². The maximum atomic E-state index is 13.9. The number of rotatable bonds is 9. The average molecular weight is 633 g/mol. The van der Waals surface area contributed by atoms with Crippen LogP contribution in [0.3, 0.4) is 0 Å². The topological polar surface area (TPSA) is 107 Å². The van der Waals surface area contributed by atoms with Gasteiger partial charge in [-0.3, -0.25) is 9.59 Å². The average Bonchev–Trinajstić information content (AvgIpc) is 3.27. The first-order chi connectivity index (χ1) is 22.8. The second-order valence-corrected chi connectivity index (χ2v) is 13.1. The van der Waals surface area contributed by atoms with E-state index in [0.29, 0.717) is 37.5 Å². The number of Topliss-reactive ketones (excluding diaryl/α,β-unsaturated/α-hetero) is 1.